The summed E-state index contributed by atoms with van der Waals surface area (Å²) in [4.78, 5) is 24.1. The van der Waals surface area contributed by atoms with Gasteiger partial charge in [0.05, 0.1) is 30.6 Å². The van der Waals surface area contributed by atoms with Crippen LogP contribution in [0.25, 0.3) is 22.3 Å². The van der Waals surface area contributed by atoms with Gasteiger partial charge in [-0.3, -0.25) is 14.2 Å². The van der Waals surface area contributed by atoms with Crippen molar-refractivity contribution < 1.29 is 32.5 Å². The van der Waals surface area contributed by atoms with Crippen LogP contribution in [-0.4, -0.2) is 45.0 Å². The minimum atomic E-state index is -4.74. The lowest BCUT2D eigenvalue weighted by molar-refractivity contribution is -0.325. The summed E-state index contributed by atoms with van der Waals surface area (Å²) in [5.41, 5.74) is 0.298. The van der Waals surface area contributed by atoms with E-state index >= 15 is 0 Å². The fraction of sp³-hybridized carbons (Fsp3) is 0.409. The average Bonchev–Trinajstić information content (AvgIpc) is 3.08. The SMILES string of the molecule is CC(C)(C)C1Cn2nc3c(OCCOC(F)(F)F)cccc3c2-c2cc(=O)c(C(=O)O)cn21. The second kappa shape index (κ2) is 7.91. The maximum atomic E-state index is 12.5. The van der Waals surface area contributed by atoms with Gasteiger partial charge in [0.1, 0.15) is 23.4 Å². The molecule has 0 fully saturated rings. The van der Waals surface area contributed by atoms with Crippen LogP contribution in [0.5, 0.6) is 5.75 Å². The molecule has 1 aliphatic rings. The van der Waals surface area contributed by atoms with E-state index in [1.54, 1.807) is 27.4 Å². The molecule has 0 spiro atoms. The Morgan fingerprint density at radius 1 is 1.24 bits per heavy atom. The first-order chi connectivity index (χ1) is 15.4. The average molecular weight is 465 g/mol. The van der Waals surface area contributed by atoms with Gasteiger partial charge in [0.2, 0.25) is 0 Å². The molecular formula is C22H22F3N3O5. The van der Waals surface area contributed by atoms with Crippen molar-refractivity contribution in [3.63, 3.8) is 0 Å². The Hall–Kier alpha value is -3.34. The van der Waals surface area contributed by atoms with E-state index in [2.05, 4.69) is 9.84 Å². The fourth-order valence-electron chi connectivity index (χ4n) is 4.05. The number of nitrogens with zero attached hydrogens (tertiary/aromatic N) is 3. The number of carboxylic acids is 1. The van der Waals surface area contributed by atoms with E-state index in [1.807, 2.05) is 20.8 Å². The fourth-order valence-corrected chi connectivity index (χ4v) is 4.05. The highest BCUT2D eigenvalue weighted by molar-refractivity contribution is 5.96. The molecule has 1 N–H and O–H groups in total. The van der Waals surface area contributed by atoms with Gasteiger partial charge >= 0.3 is 12.3 Å². The van der Waals surface area contributed by atoms with Crippen LogP contribution >= 0.6 is 0 Å². The molecule has 0 bridgehead atoms. The third kappa shape index (κ3) is 4.32. The predicted molar refractivity (Wildman–Crippen MR) is 112 cm³/mol. The molecule has 8 nitrogen and oxygen atoms in total. The van der Waals surface area contributed by atoms with Crippen molar-refractivity contribution in [3.8, 4) is 17.1 Å². The maximum Gasteiger partial charge on any atom is 0.522 e. The van der Waals surface area contributed by atoms with E-state index in [1.165, 1.54) is 12.3 Å². The lowest BCUT2D eigenvalue weighted by Crippen LogP contribution is -2.35. The number of fused-ring (bicyclic) bond motifs is 5. The van der Waals surface area contributed by atoms with Crippen LogP contribution < -0.4 is 10.2 Å². The summed E-state index contributed by atoms with van der Waals surface area (Å²) < 4.78 is 49.4. The Labute approximate surface area is 186 Å². The van der Waals surface area contributed by atoms with Crippen molar-refractivity contribution in [2.75, 3.05) is 13.2 Å². The molecule has 2 aromatic heterocycles. The summed E-state index contributed by atoms with van der Waals surface area (Å²) in [6.07, 6.45) is -3.37. The van der Waals surface area contributed by atoms with E-state index in [0.717, 1.165) is 0 Å². The maximum absolute atomic E-state index is 12.5. The highest BCUT2D eigenvalue weighted by Crippen LogP contribution is 2.43. The van der Waals surface area contributed by atoms with Gasteiger partial charge in [-0.1, -0.05) is 32.9 Å². The van der Waals surface area contributed by atoms with Crippen LogP contribution in [0.4, 0.5) is 13.2 Å². The third-order valence-corrected chi connectivity index (χ3v) is 5.57. The van der Waals surface area contributed by atoms with E-state index in [9.17, 15) is 27.9 Å². The quantitative estimate of drug-likeness (QED) is 0.571. The van der Waals surface area contributed by atoms with Crippen molar-refractivity contribution in [3.05, 3.63) is 46.2 Å². The number of carbonyl (C=O) groups is 1. The largest absolute Gasteiger partial charge is 0.522 e. The molecule has 0 radical (unpaired) electrons. The van der Waals surface area contributed by atoms with Gasteiger partial charge in [0, 0.05) is 17.6 Å². The number of aromatic nitrogens is 3. The zero-order chi connectivity index (χ0) is 24.1. The number of rotatable bonds is 5. The summed E-state index contributed by atoms with van der Waals surface area (Å²) in [6, 6.07) is 6.12. The molecule has 1 unspecified atom stereocenters. The second-order valence-electron chi connectivity index (χ2n) is 8.86. The van der Waals surface area contributed by atoms with E-state index < -0.39 is 24.4 Å². The Morgan fingerprint density at radius 3 is 2.61 bits per heavy atom. The normalized spacial score (nSPS) is 15.9. The lowest BCUT2D eigenvalue weighted by atomic mass is 9.85. The van der Waals surface area contributed by atoms with Crippen LogP contribution in [0.15, 0.2) is 35.3 Å². The van der Waals surface area contributed by atoms with Gasteiger partial charge in [0.25, 0.3) is 0 Å². The van der Waals surface area contributed by atoms with Crippen LogP contribution in [0.2, 0.25) is 0 Å². The third-order valence-electron chi connectivity index (χ3n) is 5.57. The van der Waals surface area contributed by atoms with Crippen molar-refractivity contribution >= 4 is 16.9 Å². The Balaban J connectivity index is 1.82. The molecule has 3 heterocycles. The van der Waals surface area contributed by atoms with E-state index in [-0.39, 0.29) is 29.4 Å². The van der Waals surface area contributed by atoms with Crippen LogP contribution in [-0.2, 0) is 11.3 Å². The van der Waals surface area contributed by atoms with Crippen LogP contribution in [0.3, 0.4) is 0 Å². The molecule has 3 aromatic rings. The van der Waals surface area contributed by atoms with Gasteiger partial charge in [-0.15, -0.1) is 13.2 Å². The highest BCUT2D eigenvalue weighted by atomic mass is 19.4. The van der Waals surface area contributed by atoms with Gasteiger partial charge in [-0.05, 0) is 11.5 Å². The van der Waals surface area contributed by atoms with E-state index in [0.29, 0.717) is 28.8 Å². The van der Waals surface area contributed by atoms with Gasteiger partial charge in [-0.2, -0.15) is 5.10 Å². The summed E-state index contributed by atoms with van der Waals surface area (Å²) in [6.45, 7) is 5.41. The van der Waals surface area contributed by atoms with Crippen molar-refractivity contribution in [2.24, 2.45) is 5.41 Å². The Bertz CT molecular complexity index is 1290. The summed E-state index contributed by atoms with van der Waals surface area (Å²) in [5, 5.41) is 14.7. The number of halogens is 3. The molecule has 1 aromatic carbocycles. The molecule has 176 valence electrons. The Kier molecular flexibility index (Phi) is 5.47. The standard InChI is InChI=1S/C22H22F3N3O5/c1-21(2,3)17-11-28-19(14-9-15(29)13(20(30)31)10-27(14)17)12-5-4-6-16(18(12)26-28)32-7-8-33-22(23,24)25/h4-6,9-10,17H,7-8,11H2,1-3H3,(H,30,31). The number of benzene rings is 1. The van der Waals surface area contributed by atoms with Crippen LogP contribution in [0.1, 0.15) is 37.2 Å². The molecular weight excluding hydrogens is 443 g/mol. The molecule has 0 aliphatic carbocycles. The summed E-state index contributed by atoms with van der Waals surface area (Å²) in [5.74, 6) is -1.02. The smallest absolute Gasteiger partial charge is 0.489 e. The van der Waals surface area contributed by atoms with Gasteiger partial charge < -0.3 is 14.4 Å². The number of hydrogen-bond donors (Lipinski definition) is 1. The topological polar surface area (TPSA) is 95.6 Å². The number of aromatic carboxylic acids is 1. The van der Waals surface area contributed by atoms with Gasteiger partial charge in [-0.25, -0.2) is 4.79 Å². The molecule has 1 aliphatic heterocycles. The summed E-state index contributed by atoms with van der Waals surface area (Å²) >= 11 is 0. The number of pyridine rings is 1. The van der Waals surface area contributed by atoms with Crippen molar-refractivity contribution in [1.29, 1.82) is 0 Å². The number of hydrogen-bond acceptors (Lipinski definition) is 5. The number of alkyl halides is 3. The second-order valence-corrected chi connectivity index (χ2v) is 8.86. The number of carboxylic acid groups (broad SMARTS) is 1. The minimum Gasteiger partial charge on any atom is -0.489 e. The monoisotopic (exact) mass is 465 g/mol. The first-order valence-corrected chi connectivity index (χ1v) is 10.2. The van der Waals surface area contributed by atoms with E-state index in [4.69, 9.17) is 4.74 Å². The molecule has 0 saturated heterocycles. The molecule has 0 saturated carbocycles. The Morgan fingerprint density at radius 2 is 1.97 bits per heavy atom. The highest BCUT2D eigenvalue weighted by Gasteiger charge is 2.35. The minimum absolute atomic E-state index is 0.211. The molecule has 11 heteroatoms. The first-order valence-electron chi connectivity index (χ1n) is 10.2. The van der Waals surface area contributed by atoms with Crippen molar-refractivity contribution in [2.45, 2.75) is 39.7 Å². The molecule has 4 rings (SSSR count). The van der Waals surface area contributed by atoms with Crippen molar-refractivity contribution in [1.82, 2.24) is 14.3 Å². The first kappa shape index (κ1) is 22.8. The zero-order valence-electron chi connectivity index (χ0n) is 18.1. The summed E-state index contributed by atoms with van der Waals surface area (Å²) in [7, 11) is 0. The molecule has 33 heavy (non-hydrogen) atoms. The van der Waals surface area contributed by atoms with Gasteiger partial charge in [0.15, 0.2) is 5.43 Å². The zero-order valence-corrected chi connectivity index (χ0v) is 18.1. The number of ether oxygens (including phenoxy) is 2. The molecule has 1 atom stereocenters. The lowest BCUT2D eigenvalue weighted by Gasteiger charge is -2.38. The predicted octanol–water partition coefficient (Wildman–Crippen LogP) is 4.08. The molecule has 0 amide bonds. The van der Waals surface area contributed by atoms with Crippen LogP contribution in [0, 0.1) is 5.41 Å².